The van der Waals surface area contributed by atoms with Gasteiger partial charge in [0, 0.05) is 0 Å². The van der Waals surface area contributed by atoms with Gasteiger partial charge in [-0.1, -0.05) is 0 Å². The van der Waals surface area contributed by atoms with Crippen molar-refractivity contribution in [3.8, 4) is 0 Å². The van der Waals surface area contributed by atoms with Crippen LogP contribution >= 0.6 is 0 Å². The van der Waals surface area contributed by atoms with E-state index in [1.165, 1.54) is 0 Å². The van der Waals surface area contributed by atoms with E-state index in [4.69, 9.17) is 0 Å². The molecule has 0 aromatic rings. The molecule has 0 fully saturated rings. The molecule has 0 aliphatic rings. The molecule has 0 aromatic heterocycles. The summed E-state index contributed by atoms with van der Waals surface area (Å²) in [5, 5.41) is 0. The predicted molar refractivity (Wildman–Crippen MR) is 27.0 cm³/mol. The van der Waals surface area contributed by atoms with Gasteiger partial charge >= 0.3 is 35.5 Å². The van der Waals surface area contributed by atoms with Gasteiger partial charge in [-0.25, -0.2) is 0 Å². The molecule has 0 aliphatic carbocycles. The van der Waals surface area contributed by atoms with Gasteiger partial charge in [0.15, 0.2) is 0 Å². The molecule has 0 saturated carbocycles. The predicted octanol–water partition coefficient (Wildman–Crippen LogP) is 0.546. The van der Waals surface area contributed by atoms with E-state index in [1.54, 1.807) is 0 Å². The summed E-state index contributed by atoms with van der Waals surface area (Å²) in [7, 11) is 0. The van der Waals surface area contributed by atoms with E-state index >= 15 is 0 Å². The molecule has 0 aromatic carbocycles. The Morgan fingerprint density at radius 2 is 1.00 bits per heavy atom. The van der Waals surface area contributed by atoms with Crippen LogP contribution in [0.1, 0.15) is 0 Å². The molecule has 0 unspecified atom stereocenters. The maximum absolute atomic E-state index is 2.38. The molecule has 0 aliphatic heterocycles. The number of hydrogen-bond donors (Lipinski definition) is 0. The Labute approximate surface area is 41.2 Å². The summed E-state index contributed by atoms with van der Waals surface area (Å²) in [4.78, 5) is 0. The average molecular weight is 178 g/mol. The van der Waals surface area contributed by atoms with Crippen molar-refractivity contribution < 1.29 is 5.48 Å². The minimum atomic E-state index is -0.637. The summed E-state index contributed by atoms with van der Waals surface area (Å²) in [6.45, 7) is 0. The molecule has 32 valence electrons. The topological polar surface area (TPSA) is 31.5 Å². The summed E-state index contributed by atoms with van der Waals surface area (Å²) in [6, 6.07) is 0. The second-order valence-electron chi connectivity index (χ2n) is 1.73. The molecule has 1 nitrogen and oxygen atoms in total. The van der Waals surface area contributed by atoms with Crippen LogP contribution in [-0.4, -0.2) is 26.9 Å². The van der Waals surface area contributed by atoms with E-state index in [1.807, 2.05) is 0 Å². The third kappa shape index (κ3) is 56.1. The molecule has 5 heavy (non-hydrogen) atoms. The fraction of sp³-hybridized carbons (Fsp3) is 1.00. The molecule has 0 radical (unpaired) electrons. The van der Waals surface area contributed by atoms with Gasteiger partial charge in [-0.05, 0) is 0 Å². The van der Waals surface area contributed by atoms with Crippen molar-refractivity contribution in [3.63, 3.8) is 0 Å². The second-order valence-corrected chi connectivity index (χ2v) is 11.6. The van der Waals surface area contributed by atoms with Gasteiger partial charge in [-0.2, -0.15) is 0 Å². The van der Waals surface area contributed by atoms with Crippen molar-refractivity contribution in [2.75, 3.05) is 0 Å². The van der Waals surface area contributed by atoms with Gasteiger partial charge in [-0.15, -0.1) is 0 Å². The molecular formula is C3H11InO. The number of hydrogen-bond acceptors (Lipinski definition) is 0. The van der Waals surface area contributed by atoms with E-state index < -0.39 is 21.4 Å². The van der Waals surface area contributed by atoms with E-state index in [9.17, 15) is 0 Å². The van der Waals surface area contributed by atoms with Crippen molar-refractivity contribution in [1.82, 2.24) is 0 Å². The Hall–Kier alpha value is 0.830. The van der Waals surface area contributed by atoms with Gasteiger partial charge in [-0.3, -0.25) is 0 Å². The maximum atomic E-state index is 2.38. The molecule has 0 heterocycles. The van der Waals surface area contributed by atoms with Crippen molar-refractivity contribution in [2.24, 2.45) is 0 Å². The minimum absolute atomic E-state index is 0. The second kappa shape index (κ2) is 4.83. The molecule has 2 heteroatoms. The first-order valence-electron chi connectivity index (χ1n) is 1.73. The Morgan fingerprint density at radius 3 is 1.00 bits per heavy atom. The standard InChI is InChI=1S/3CH3.In.H2O/h3*1H3;;1H2. The fourth-order valence-electron chi connectivity index (χ4n) is 0. The summed E-state index contributed by atoms with van der Waals surface area (Å²) >= 11 is -0.637. The van der Waals surface area contributed by atoms with E-state index in [-0.39, 0.29) is 5.48 Å². The quantitative estimate of drug-likeness (QED) is 0.518. The Balaban J connectivity index is 0. The van der Waals surface area contributed by atoms with Crippen LogP contribution in [0.3, 0.4) is 0 Å². The van der Waals surface area contributed by atoms with Crippen LogP contribution in [0.5, 0.6) is 0 Å². The summed E-state index contributed by atoms with van der Waals surface area (Å²) < 4.78 is 7.13. The summed E-state index contributed by atoms with van der Waals surface area (Å²) in [5.41, 5.74) is 0. The zero-order chi connectivity index (χ0) is 3.58. The van der Waals surface area contributed by atoms with Crippen LogP contribution in [-0.2, 0) is 0 Å². The first kappa shape index (κ1) is 9.27. The van der Waals surface area contributed by atoms with E-state index in [2.05, 4.69) is 14.0 Å². The monoisotopic (exact) mass is 178 g/mol. The van der Waals surface area contributed by atoms with Crippen LogP contribution in [0, 0.1) is 0 Å². The van der Waals surface area contributed by atoms with Crippen LogP contribution in [0.2, 0.25) is 14.0 Å². The molecule has 0 rings (SSSR count). The van der Waals surface area contributed by atoms with Crippen molar-refractivity contribution in [2.45, 2.75) is 14.0 Å². The third-order valence-corrected chi connectivity index (χ3v) is 0. The van der Waals surface area contributed by atoms with Crippen LogP contribution < -0.4 is 0 Å². The van der Waals surface area contributed by atoms with Crippen LogP contribution in [0.25, 0.3) is 0 Å². The zero-order valence-corrected chi connectivity index (χ0v) is 7.37. The zero-order valence-electron chi connectivity index (χ0n) is 4.08. The Kier molecular flexibility index (Phi) is 8.96. The molecule has 0 saturated heterocycles. The number of rotatable bonds is 0. The molecule has 0 atom stereocenters. The fourth-order valence-corrected chi connectivity index (χ4v) is 0. The van der Waals surface area contributed by atoms with Gasteiger partial charge in [0.1, 0.15) is 0 Å². The van der Waals surface area contributed by atoms with Gasteiger partial charge < -0.3 is 5.48 Å². The van der Waals surface area contributed by atoms with Gasteiger partial charge in [0.05, 0.1) is 0 Å². The van der Waals surface area contributed by atoms with Gasteiger partial charge in [0.2, 0.25) is 0 Å². The van der Waals surface area contributed by atoms with Gasteiger partial charge in [0.25, 0.3) is 0 Å². The molecular weight excluding hydrogens is 167 g/mol. The van der Waals surface area contributed by atoms with Crippen molar-refractivity contribution >= 4 is 21.4 Å². The van der Waals surface area contributed by atoms with Crippen molar-refractivity contribution in [1.29, 1.82) is 0 Å². The van der Waals surface area contributed by atoms with Crippen LogP contribution in [0.4, 0.5) is 0 Å². The molecule has 0 bridgehead atoms. The summed E-state index contributed by atoms with van der Waals surface area (Å²) in [5.74, 6) is 0. The molecule has 0 amide bonds. The normalized spacial score (nSPS) is 5.40. The first-order chi connectivity index (χ1) is 1.73. The SMILES string of the molecule is O.[CH3][In]([CH3])[CH3]. The first-order valence-corrected chi connectivity index (χ1v) is 11.6. The third-order valence-electron chi connectivity index (χ3n) is 0. The van der Waals surface area contributed by atoms with Crippen LogP contribution in [0.15, 0.2) is 0 Å². The van der Waals surface area contributed by atoms with E-state index in [0.717, 1.165) is 0 Å². The van der Waals surface area contributed by atoms with Crippen molar-refractivity contribution in [3.05, 3.63) is 0 Å². The van der Waals surface area contributed by atoms with E-state index in [0.29, 0.717) is 0 Å². The summed E-state index contributed by atoms with van der Waals surface area (Å²) in [6.07, 6.45) is 0. The molecule has 2 N–H and O–H groups in total. The Bertz CT molecular complexity index is 11.6. The average Bonchev–Trinajstić information content (AvgIpc) is 0.811. The molecule has 0 spiro atoms. The Morgan fingerprint density at radius 1 is 1.00 bits per heavy atom.